The predicted molar refractivity (Wildman–Crippen MR) is 88.2 cm³/mol. The summed E-state index contributed by atoms with van der Waals surface area (Å²) in [7, 11) is -1.92. The molecule has 1 aromatic rings. The van der Waals surface area contributed by atoms with E-state index < -0.39 is 26.1 Å². The van der Waals surface area contributed by atoms with Crippen LogP contribution in [0.2, 0.25) is 19.6 Å². The van der Waals surface area contributed by atoms with E-state index >= 15 is 4.39 Å². The normalized spacial score (nSPS) is 30.1. The van der Waals surface area contributed by atoms with Crippen molar-refractivity contribution in [2.45, 2.75) is 50.8 Å². The number of benzene rings is 1. The lowest BCUT2D eigenvalue weighted by Crippen LogP contribution is -2.54. The molecule has 0 saturated carbocycles. The lowest BCUT2D eigenvalue weighted by atomic mass is 9.81. The van der Waals surface area contributed by atoms with Crippen molar-refractivity contribution >= 4 is 19.9 Å². The van der Waals surface area contributed by atoms with Crippen molar-refractivity contribution < 1.29 is 13.6 Å². The Labute approximate surface area is 131 Å². The molecule has 1 aliphatic heterocycles. The molecule has 0 fully saturated rings. The standard InChI is InChI=1S/C17H22FNO2Si/c1-12(20)19-14-9-6-5-8-13(14)17(18)15(19)10-7-11-16(17)21-22(2,3)4/h5-9,11,15-16H,10H2,1-4H3. The highest BCUT2D eigenvalue weighted by atomic mass is 28.4. The second kappa shape index (κ2) is 5.03. The molecule has 0 N–H and O–H groups in total. The summed E-state index contributed by atoms with van der Waals surface area (Å²) in [5.74, 6) is -0.126. The molecular weight excluding hydrogens is 297 g/mol. The van der Waals surface area contributed by atoms with Gasteiger partial charge in [0.05, 0.1) is 11.7 Å². The van der Waals surface area contributed by atoms with E-state index in [0.29, 0.717) is 17.7 Å². The molecule has 3 atom stereocenters. The van der Waals surface area contributed by atoms with Crippen molar-refractivity contribution in [3.63, 3.8) is 0 Å². The SMILES string of the molecule is CC(=O)N1c2ccccc2C2(F)C(O[Si](C)(C)C)C=CCC12. The van der Waals surface area contributed by atoms with Gasteiger partial charge in [-0.15, -0.1) is 0 Å². The van der Waals surface area contributed by atoms with Crippen molar-refractivity contribution in [1.29, 1.82) is 0 Å². The van der Waals surface area contributed by atoms with E-state index in [1.165, 1.54) is 6.92 Å². The van der Waals surface area contributed by atoms with E-state index in [1.807, 2.05) is 30.4 Å². The van der Waals surface area contributed by atoms with E-state index in [0.717, 1.165) is 0 Å². The third-order valence-electron chi connectivity index (χ3n) is 4.28. The first-order valence-electron chi connectivity index (χ1n) is 7.68. The van der Waals surface area contributed by atoms with E-state index in [-0.39, 0.29) is 5.91 Å². The van der Waals surface area contributed by atoms with Crippen molar-refractivity contribution in [3.05, 3.63) is 42.0 Å². The number of fused-ring (bicyclic) bond motifs is 3. The van der Waals surface area contributed by atoms with Gasteiger partial charge in [-0.3, -0.25) is 4.79 Å². The van der Waals surface area contributed by atoms with Gasteiger partial charge in [-0.1, -0.05) is 30.4 Å². The summed E-state index contributed by atoms with van der Waals surface area (Å²) in [6.07, 6.45) is 3.64. The number of hydrogen-bond donors (Lipinski definition) is 0. The van der Waals surface area contributed by atoms with Crippen LogP contribution in [0.15, 0.2) is 36.4 Å². The number of halogens is 1. The van der Waals surface area contributed by atoms with Crippen molar-refractivity contribution in [2.24, 2.45) is 0 Å². The van der Waals surface area contributed by atoms with Crippen molar-refractivity contribution in [1.82, 2.24) is 0 Å². The van der Waals surface area contributed by atoms with Crippen LogP contribution in [0.25, 0.3) is 0 Å². The molecule has 0 aromatic heterocycles. The summed E-state index contributed by atoms with van der Waals surface area (Å²) >= 11 is 0. The molecule has 3 unspecified atom stereocenters. The fraction of sp³-hybridized carbons (Fsp3) is 0.471. The molecule has 1 heterocycles. The monoisotopic (exact) mass is 319 g/mol. The minimum Gasteiger partial charge on any atom is -0.408 e. The van der Waals surface area contributed by atoms with Gasteiger partial charge in [0.2, 0.25) is 5.91 Å². The maximum atomic E-state index is 16.2. The Morgan fingerprint density at radius 3 is 2.68 bits per heavy atom. The summed E-state index contributed by atoms with van der Waals surface area (Å²) < 4.78 is 22.3. The summed E-state index contributed by atoms with van der Waals surface area (Å²) in [5.41, 5.74) is -0.421. The topological polar surface area (TPSA) is 29.5 Å². The average Bonchev–Trinajstić information content (AvgIpc) is 2.68. The predicted octanol–water partition coefficient (Wildman–Crippen LogP) is 3.77. The molecule has 0 saturated heterocycles. The van der Waals surface area contributed by atoms with E-state index in [2.05, 4.69) is 19.6 Å². The molecule has 118 valence electrons. The first kappa shape index (κ1) is 15.4. The number of hydrogen-bond acceptors (Lipinski definition) is 2. The Balaban J connectivity index is 2.13. The molecule has 0 radical (unpaired) electrons. The quantitative estimate of drug-likeness (QED) is 0.613. The molecule has 3 rings (SSSR count). The number of anilines is 1. The van der Waals surface area contributed by atoms with E-state index in [9.17, 15) is 4.79 Å². The Bertz CT molecular complexity index is 640. The molecule has 1 aliphatic carbocycles. The molecule has 22 heavy (non-hydrogen) atoms. The number of rotatable bonds is 2. The van der Waals surface area contributed by atoms with Gasteiger partial charge < -0.3 is 9.33 Å². The molecule has 0 spiro atoms. The van der Waals surface area contributed by atoms with Crippen LogP contribution in [0, 0.1) is 0 Å². The summed E-state index contributed by atoms with van der Waals surface area (Å²) in [5, 5.41) is 0. The van der Waals surface area contributed by atoms with E-state index in [4.69, 9.17) is 4.43 Å². The number of carbonyl (C=O) groups excluding carboxylic acids is 1. The van der Waals surface area contributed by atoms with Gasteiger partial charge in [-0.2, -0.15) is 0 Å². The Hall–Kier alpha value is -1.46. The van der Waals surface area contributed by atoms with Crippen LogP contribution >= 0.6 is 0 Å². The Kier molecular flexibility index (Phi) is 3.53. The number of alkyl halides is 1. The fourth-order valence-electron chi connectivity index (χ4n) is 3.53. The Morgan fingerprint density at radius 2 is 2.05 bits per heavy atom. The van der Waals surface area contributed by atoms with Crippen LogP contribution in [-0.4, -0.2) is 26.4 Å². The van der Waals surface area contributed by atoms with Crippen LogP contribution in [-0.2, 0) is 14.9 Å². The van der Waals surface area contributed by atoms with Crippen molar-refractivity contribution in [2.75, 3.05) is 4.90 Å². The Morgan fingerprint density at radius 1 is 1.36 bits per heavy atom. The van der Waals surface area contributed by atoms with Gasteiger partial charge in [0.1, 0.15) is 6.10 Å². The van der Waals surface area contributed by atoms with Gasteiger partial charge in [-0.05, 0) is 32.1 Å². The third-order valence-corrected chi connectivity index (χ3v) is 5.24. The second-order valence-electron chi connectivity index (χ2n) is 7.00. The largest absolute Gasteiger partial charge is 0.408 e. The maximum Gasteiger partial charge on any atom is 0.224 e. The number of nitrogens with zero attached hydrogens (tertiary/aromatic N) is 1. The highest BCUT2D eigenvalue weighted by molar-refractivity contribution is 6.69. The fourth-order valence-corrected chi connectivity index (χ4v) is 4.54. The minimum absolute atomic E-state index is 0.126. The van der Waals surface area contributed by atoms with Crippen LogP contribution in [0.4, 0.5) is 10.1 Å². The molecule has 5 heteroatoms. The van der Waals surface area contributed by atoms with Crippen LogP contribution in [0.3, 0.4) is 0 Å². The zero-order valence-electron chi connectivity index (χ0n) is 13.5. The van der Waals surface area contributed by atoms with Crippen molar-refractivity contribution in [3.8, 4) is 0 Å². The van der Waals surface area contributed by atoms with Crippen LogP contribution in [0.1, 0.15) is 18.9 Å². The smallest absolute Gasteiger partial charge is 0.224 e. The van der Waals surface area contributed by atoms with Crippen LogP contribution < -0.4 is 4.90 Å². The van der Waals surface area contributed by atoms with Gasteiger partial charge >= 0.3 is 0 Å². The average molecular weight is 319 g/mol. The zero-order chi connectivity index (χ0) is 16.1. The van der Waals surface area contributed by atoms with Gasteiger partial charge in [0.15, 0.2) is 14.0 Å². The zero-order valence-corrected chi connectivity index (χ0v) is 14.5. The van der Waals surface area contributed by atoms with E-state index in [1.54, 1.807) is 11.0 Å². The second-order valence-corrected chi connectivity index (χ2v) is 11.5. The molecule has 3 nitrogen and oxygen atoms in total. The summed E-state index contributed by atoms with van der Waals surface area (Å²) in [6.45, 7) is 7.65. The molecule has 0 bridgehead atoms. The van der Waals surface area contributed by atoms with Gasteiger partial charge in [-0.25, -0.2) is 4.39 Å². The van der Waals surface area contributed by atoms with Crippen LogP contribution in [0.5, 0.6) is 0 Å². The highest BCUT2D eigenvalue weighted by Crippen LogP contribution is 2.52. The molecular formula is C17H22FNO2Si. The lowest BCUT2D eigenvalue weighted by molar-refractivity contribution is -0.118. The number of para-hydroxylation sites is 1. The summed E-state index contributed by atoms with van der Waals surface area (Å²) in [6, 6.07) is 6.75. The van der Waals surface area contributed by atoms with Gasteiger partial charge in [0.25, 0.3) is 0 Å². The lowest BCUT2D eigenvalue weighted by Gasteiger charge is -2.41. The highest BCUT2D eigenvalue weighted by Gasteiger charge is 2.58. The minimum atomic E-state index is -1.92. The number of amides is 1. The number of carbonyl (C=O) groups is 1. The molecule has 1 aromatic carbocycles. The first-order valence-corrected chi connectivity index (χ1v) is 11.1. The molecule has 1 amide bonds. The maximum absolute atomic E-state index is 16.2. The van der Waals surface area contributed by atoms with Gasteiger partial charge in [0, 0.05) is 12.5 Å². The first-order chi connectivity index (χ1) is 10.2. The summed E-state index contributed by atoms with van der Waals surface area (Å²) in [4.78, 5) is 13.7. The molecule has 2 aliphatic rings. The third kappa shape index (κ3) is 2.23.